The minimum absolute atomic E-state index is 0.0213. The molecule has 0 bridgehead atoms. The average molecular weight is 300 g/mol. The molecule has 0 spiro atoms. The molecule has 4 heteroatoms. The Bertz CT molecular complexity index is 692. The lowest BCUT2D eigenvalue weighted by molar-refractivity contribution is 0.0875. The van der Waals surface area contributed by atoms with Crippen LogP contribution in [-0.4, -0.2) is 29.2 Å². The molecule has 0 radical (unpaired) electrons. The van der Waals surface area contributed by atoms with Crippen molar-refractivity contribution >= 4 is 23.3 Å². The third-order valence-electron chi connectivity index (χ3n) is 3.62. The van der Waals surface area contributed by atoms with Gasteiger partial charge in [0.05, 0.1) is 0 Å². The van der Waals surface area contributed by atoms with E-state index in [-0.39, 0.29) is 11.7 Å². The Labute approximate surface area is 128 Å². The van der Waals surface area contributed by atoms with Crippen LogP contribution in [0.1, 0.15) is 33.2 Å². The van der Waals surface area contributed by atoms with Crippen molar-refractivity contribution in [3.63, 3.8) is 0 Å². The van der Waals surface area contributed by atoms with Crippen LogP contribution in [0.5, 0.6) is 0 Å². The van der Waals surface area contributed by atoms with Crippen molar-refractivity contribution in [2.75, 3.05) is 6.54 Å². The lowest BCUT2D eigenvalue weighted by Gasteiger charge is -2.05. The number of hydrogen-bond donors (Lipinski definition) is 0. The number of ketones is 1. The van der Waals surface area contributed by atoms with Crippen LogP contribution >= 0.6 is 11.6 Å². The molecule has 3 nitrogen and oxygen atoms in total. The van der Waals surface area contributed by atoms with Crippen LogP contribution in [-0.2, 0) is 0 Å². The quantitative estimate of drug-likeness (QED) is 0.643. The van der Waals surface area contributed by atoms with Crippen LogP contribution in [0.2, 0.25) is 5.02 Å². The van der Waals surface area contributed by atoms with Gasteiger partial charge in [0.25, 0.3) is 5.91 Å². The summed E-state index contributed by atoms with van der Waals surface area (Å²) in [5.74, 6) is -0.0567. The first-order valence-electron chi connectivity index (χ1n) is 6.77. The Morgan fingerprint density at radius 1 is 0.952 bits per heavy atom. The SMILES string of the molecule is CC1CN1C(=O)c1ccc(C(=O)c2ccc(Cl)cc2)cc1. The van der Waals surface area contributed by atoms with Crippen molar-refractivity contribution < 1.29 is 9.59 Å². The Morgan fingerprint density at radius 2 is 1.38 bits per heavy atom. The minimum Gasteiger partial charge on any atom is -0.332 e. The Morgan fingerprint density at radius 3 is 1.86 bits per heavy atom. The average Bonchev–Trinajstić information content (AvgIpc) is 3.24. The molecule has 1 amide bonds. The van der Waals surface area contributed by atoms with Crippen LogP contribution in [0, 0.1) is 0 Å². The van der Waals surface area contributed by atoms with Gasteiger partial charge < -0.3 is 4.90 Å². The predicted molar refractivity (Wildman–Crippen MR) is 81.8 cm³/mol. The molecule has 1 aliphatic rings. The molecule has 1 fully saturated rings. The van der Waals surface area contributed by atoms with E-state index in [1.165, 1.54) is 0 Å². The standard InChI is InChI=1S/C17H14ClNO2/c1-11-10-19(11)17(21)14-4-2-12(3-5-14)16(20)13-6-8-15(18)9-7-13/h2-9,11H,10H2,1H3. The number of halogens is 1. The predicted octanol–water partition coefficient (Wildman–Crippen LogP) is 3.42. The number of nitrogens with zero attached hydrogens (tertiary/aromatic N) is 1. The van der Waals surface area contributed by atoms with E-state index in [1.807, 2.05) is 6.92 Å². The van der Waals surface area contributed by atoms with E-state index in [1.54, 1.807) is 53.4 Å². The third-order valence-corrected chi connectivity index (χ3v) is 3.87. The topological polar surface area (TPSA) is 37.1 Å². The van der Waals surface area contributed by atoms with Gasteiger partial charge >= 0.3 is 0 Å². The summed E-state index contributed by atoms with van der Waals surface area (Å²) in [6, 6.07) is 13.9. The van der Waals surface area contributed by atoms with Gasteiger partial charge in [-0.25, -0.2) is 0 Å². The number of carbonyl (C=O) groups is 2. The smallest absolute Gasteiger partial charge is 0.254 e. The number of carbonyl (C=O) groups excluding carboxylic acids is 2. The van der Waals surface area contributed by atoms with Crippen molar-refractivity contribution in [1.29, 1.82) is 0 Å². The van der Waals surface area contributed by atoms with Gasteiger partial charge in [-0.2, -0.15) is 0 Å². The molecule has 2 aromatic carbocycles. The van der Waals surface area contributed by atoms with Crippen LogP contribution < -0.4 is 0 Å². The molecule has 1 unspecified atom stereocenters. The highest BCUT2D eigenvalue weighted by Gasteiger charge is 2.34. The van der Waals surface area contributed by atoms with Gasteiger partial charge in [-0.3, -0.25) is 9.59 Å². The van der Waals surface area contributed by atoms with E-state index in [0.717, 1.165) is 6.54 Å². The molecule has 2 aromatic rings. The lowest BCUT2D eigenvalue weighted by Crippen LogP contribution is -2.13. The van der Waals surface area contributed by atoms with Gasteiger partial charge in [0.15, 0.2) is 5.78 Å². The van der Waals surface area contributed by atoms with Gasteiger partial charge in [0, 0.05) is 34.3 Å². The fraction of sp³-hybridized carbons (Fsp3) is 0.176. The number of amides is 1. The zero-order valence-corrected chi connectivity index (χ0v) is 12.3. The van der Waals surface area contributed by atoms with Gasteiger partial charge in [-0.05, 0) is 43.3 Å². The Balaban J connectivity index is 1.79. The zero-order valence-electron chi connectivity index (χ0n) is 11.5. The summed E-state index contributed by atoms with van der Waals surface area (Å²) in [5.41, 5.74) is 1.76. The van der Waals surface area contributed by atoms with E-state index in [9.17, 15) is 9.59 Å². The van der Waals surface area contributed by atoms with E-state index in [2.05, 4.69) is 0 Å². The fourth-order valence-corrected chi connectivity index (χ4v) is 2.34. The molecular formula is C17H14ClNO2. The normalized spacial score (nSPS) is 16.7. The summed E-state index contributed by atoms with van der Waals surface area (Å²) >= 11 is 5.81. The largest absolute Gasteiger partial charge is 0.332 e. The number of rotatable bonds is 3. The monoisotopic (exact) mass is 299 g/mol. The molecule has 106 valence electrons. The molecule has 21 heavy (non-hydrogen) atoms. The maximum atomic E-state index is 12.3. The van der Waals surface area contributed by atoms with E-state index < -0.39 is 0 Å². The molecular weight excluding hydrogens is 286 g/mol. The highest BCUT2D eigenvalue weighted by Crippen LogP contribution is 2.21. The molecule has 0 N–H and O–H groups in total. The van der Waals surface area contributed by atoms with Gasteiger partial charge in [-0.1, -0.05) is 23.7 Å². The molecule has 0 aromatic heterocycles. The molecule has 1 atom stereocenters. The van der Waals surface area contributed by atoms with Crippen molar-refractivity contribution in [2.24, 2.45) is 0 Å². The molecule has 0 saturated carbocycles. The Kier molecular flexibility index (Phi) is 3.52. The maximum Gasteiger partial charge on any atom is 0.254 e. The van der Waals surface area contributed by atoms with Crippen molar-refractivity contribution in [2.45, 2.75) is 13.0 Å². The fourth-order valence-electron chi connectivity index (χ4n) is 2.22. The van der Waals surface area contributed by atoms with Crippen LogP contribution in [0.3, 0.4) is 0 Å². The first kappa shape index (κ1) is 13.8. The van der Waals surface area contributed by atoms with Crippen LogP contribution in [0.25, 0.3) is 0 Å². The maximum absolute atomic E-state index is 12.3. The summed E-state index contributed by atoms with van der Waals surface area (Å²) < 4.78 is 0. The highest BCUT2D eigenvalue weighted by atomic mass is 35.5. The van der Waals surface area contributed by atoms with E-state index in [4.69, 9.17) is 11.6 Å². The number of benzene rings is 2. The second kappa shape index (κ2) is 5.34. The van der Waals surface area contributed by atoms with Crippen molar-refractivity contribution in [3.05, 3.63) is 70.2 Å². The van der Waals surface area contributed by atoms with Gasteiger partial charge in [0.2, 0.25) is 0 Å². The summed E-state index contributed by atoms with van der Waals surface area (Å²) in [6.45, 7) is 2.82. The molecule has 1 saturated heterocycles. The summed E-state index contributed by atoms with van der Waals surface area (Å²) in [4.78, 5) is 26.1. The van der Waals surface area contributed by atoms with Crippen molar-refractivity contribution in [1.82, 2.24) is 4.90 Å². The first-order chi connectivity index (χ1) is 10.1. The molecule has 3 rings (SSSR count). The first-order valence-corrected chi connectivity index (χ1v) is 7.15. The van der Waals surface area contributed by atoms with E-state index in [0.29, 0.717) is 27.8 Å². The third kappa shape index (κ3) is 2.83. The van der Waals surface area contributed by atoms with E-state index >= 15 is 0 Å². The summed E-state index contributed by atoms with van der Waals surface area (Å²) in [7, 11) is 0. The lowest BCUT2D eigenvalue weighted by atomic mass is 10.0. The van der Waals surface area contributed by atoms with Crippen molar-refractivity contribution in [3.8, 4) is 0 Å². The molecule has 1 aliphatic heterocycles. The summed E-state index contributed by atoms with van der Waals surface area (Å²) in [5, 5.41) is 0.597. The Hall–Kier alpha value is -2.13. The van der Waals surface area contributed by atoms with Crippen LogP contribution in [0.15, 0.2) is 48.5 Å². The highest BCUT2D eigenvalue weighted by molar-refractivity contribution is 6.30. The second-order valence-electron chi connectivity index (χ2n) is 5.22. The minimum atomic E-state index is -0.0780. The number of hydrogen-bond acceptors (Lipinski definition) is 2. The van der Waals surface area contributed by atoms with Gasteiger partial charge in [-0.15, -0.1) is 0 Å². The van der Waals surface area contributed by atoms with Crippen LogP contribution in [0.4, 0.5) is 0 Å². The second-order valence-corrected chi connectivity index (χ2v) is 5.66. The molecule has 1 heterocycles. The molecule has 0 aliphatic carbocycles. The van der Waals surface area contributed by atoms with Gasteiger partial charge in [0.1, 0.15) is 0 Å². The summed E-state index contributed by atoms with van der Waals surface area (Å²) in [6.07, 6.45) is 0. The zero-order chi connectivity index (χ0) is 15.0.